The first-order valence-electron chi connectivity index (χ1n) is 6.03. The monoisotopic (exact) mass is 285 g/mol. The Labute approximate surface area is 121 Å². The number of nitrogens with two attached hydrogens (primary N) is 1. The molecule has 0 aliphatic carbocycles. The fourth-order valence-corrected chi connectivity index (χ4v) is 2.04. The number of rotatable bonds is 2. The van der Waals surface area contributed by atoms with Crippen LogP contribution in [-0.4, -0.2) is 19.7 Å². The first-order valence-corrected chi connectivity index (χ1v) is 6.41. The molecule has 0 saturated carbocycles. The first kappa shape index (κ1) is 12.6. The van der Waals surface area contributed by atoms with Crippen LogP contribution in [0, 0.1) is 6.92 Å². The molecular weight excluding hydrogens is 274 g/mol. The van der Waals surface area contributed by atoms with Gasteiger partial charge in [0.15, 0.2) is 0 Å². The van der Waals surface area contributed by atoms with E-state index in [4.69, 9.17) is 17.3 Å². The number of aryl methyl sites for hydroxylation is 1. The van der Waals surface area contributed by atoms with Crippen molar-refractivity contribution in [1.82, 2.24) is 19.7 Å². The van der Waals surface area contributed by atoms with Gasteiger partial charge in [-0.25, -0.2) is 4.68 Å². The molecule has 0 bridgehead atoms. The molecule has 0 spiro atoms. The molecule has 0 aliphatic rings. The first-order chi connectivity index (χ1) is 9.65. The maximum absolute atomic E-state index is 6.13. The minimum absolute atomic E-state index is 0.544. The number of anilines is 1. The average molecular weight is 286 g/mol. The largest absolute Gasteiger partial charge is 0.396 e. The molecule has 6 heteroatoms. The molecule has 2 N–H and O–H groups in total. The highest BCUT2D eigenvalue weighted by Gasteiger charge is 2.11. The van der Waals surface area contributed by atoms with Crippen LogP contribution in [0.5, 0.6) is 0 Å². The van der Waals surface area contributed by atoms with E-state index >= 15 is 0 Å². The molecule has 3 rings (SSSR count). The van der Waals surface area contributed by atoms with Gasteiger partial charge in [0.25, 0.3) is 0 Å². The predicted molar refractivity (Wildman–Crippen MR) is 78.7 cm³/mol. The van der Waals surface area contributed by atoms with Gasteiger partial charge in [-0.1, -0.05) is 17.7 Å². The molecule has 20 heavy (non-hydrogen) atoms. The van der Waals surface area contributed by atoms with Crippen molar-refractivity contribution in [2.45, 2.75) is 6.92 Å². The Hall–Kier alpha value is -2.40. The highest BCUT2D eigenvalue weighted by Crippen LogP contribution is 2.25. The van der Waals surface area contributed by atoms with Crippen molar-refractivity contribution in [1.29, 1.82) is 0 Å². The number of benzene rings is 1. The minimum atomic E-state index is 0.544. The minimum Gasteiger partial charge on any atom is -0.396 e. The van der Waals surface area contributed by atoms with E-state index in [0.29, 0.717) is 22.1 Å². The summed E-state index contributed by atoms with van der Waals surface area (Å²) in [4.78, 5) is 8.23. The maximum Gasteiger partial charge on any atom is 0.136 e. The van der Waals surface area contributed by atoms with Gasteiger partial charge in [-0.3, -0.25) is 9.97 Å². The van der Waals surface area contributed by atoms with Gasteiger partial charge >= 0.3 is 0 Å². The number of halogens is 1. The molecule has 2 heterocycles. The van der Waals surface area contributed by atoms with Crippen molar-refractivity contribution >= 4 is 17.3 Å². The molecule has 2 aromatic heterocycles. The SMILES string of the molecule is Cc1ccc(-n2cc(N)c(-c3cnccn3)n2)cc1Cl. The normalized spacial score (nSPS) is 10.7. The molecule has 3 aromatic rings. The van der Waals surface area contributed by atoms with Gasteiger partial charge in [0.05, 0.1) is 23.8 Å². The third-order valence-corrected chi connectivity index (χ3v) is 3.38. The molecule has 0 radical (unpaired) electrons. The van der Waals surface area contributed by atoms with Gasteiger partial charge in [0, 0.05) is 17.4 Å². The smallest absolute Gasteiger partial charge is 0.136 e. The standard InChI is InChI=1S/C14H12ClN5/c1-9-2-3-10(6-11(9)15)20-8-12(16)14(19-20)13-7-17-4-5-18-13/h2-8H,16H2,1H3. The Morgan fingerprint density at radius 1 is 1.25 bits per heavy atom. The van der Waals surface area contributed by atoms with E-state index < -0.39 is 0 Å². The van der Waals surface area contributed by atoms with E-state index in [0.717, 1.165) is 11.3 Å². The summed E-state index contributed by atoms with van der Waals surface area (Å²) in [5.41, 5.74) is 9.65. The van der Waals surface area contributed by atoms with Crippen LogP contribution in [0.2, 0.25) is 5.02 Å². The van der Waals surface area contributed by atoms with E-state index in [1.165, 1.54) is 0 Å². The molecular formula is C14H12ClN5. The number of nitrogen functional groups attached to an aromatic ring is 1. The second-order valence-corrected chi connectivity index (χ2v) is 4.81. The Morgan fingerprint density at radius 2 is 2.10 bits per heavy atom. The van der Waals surface area contributed by atoms with Crippen LogP contribution in [-0.2, 0) is 0 Å². The van der Waals surface area contributed by atoms with E-state index in [1.807, 2.05) is 25.1 Å². The van der Waals surface area contributed by atoms with Gasteiger partial charge < -0.3 is 5.73 Å². The van der Waals surface area contributed by atoms with Crippen LogP contribution in [0.15, 0.2) is 43.0 Å². The second kappa shape index (κ2) is 4.94. The van der Waals surface area contributed by atoms with Gasteiger partial charge in [-0.15, -0.1) is 0 Å². The Kier molecular flexibility index (Phi) is 3.12. The number of hydrogen-bond acceptors (Lipinski definition) is 4. The zero-order valence-electron chi connectivity index (χ0n) is 10.8. The lowest BCUT2D eigenvalue weighted by molar-refractivity contribution is 0.881. The molecule has 0 fully saturated rings. The van der Waals surface area contributed by atoms with Crippen molar-refractivity contribution in [2.75, 3.05) is 5.73 Å². The van der Waals surface area contributed by atoms with Crippen LogP contribution < -0.4 is 5.73 Å². The summed E-state index contributed by atoms with van der Waals surface area (Å²) in [7, 11) is 0. The maximum atomic E-state index is 6.13. The summed E-state index contributed by atoms with van der Waals surface area (Å²) in [6.45, 7) is 1.95. The summed E-state index contributed by atoms with van der Waals surface area (Å²) < 4.78 is 1.69. The van der Waals surface area contributed by atoms with Crippen LogP contribution in [0.25, 0.3) is 17.1 Å². The quantitative estimate of drug-likeness (QED) is 0.786. The zero-order chi connectivity index (χ0) is 14.1. The molecule has 0 unspecified atom stereocenters. The molecule has 100 valence electrons. The van der Waals surface area contributed by atoms with Crippen molar-refractivity contribution in [2.24, 2.45) is 0 Å². The van der Waals surface area contributed by atoms with Crippen molar-refractivity contribution in [3.8, 4) is 17.1 Å². The van der Waals surface area contributed by atoms with Gasteiger partial charge in [0.1, 0.15) is 11.4 Å². The Balaban J connectivity index is 2.06. The van der Waals surface area contributed by atoms with Crippen LogP contribution in [0.3, 0.4) is 0 Å². The lowest BCUT2D eigenvalue weighted by Crippen LogP contribution is -1.96. The number of hydrogen-bond donors (Lipinski definition) is 1. The summed E-state index contributed by atoms with van der Waals surface area (Å²) in [5, 5.41) is 5.14. The third-order valence-electron chi connectivity index (χ3n) is 2.97. The van der Waals surface area contributed by atoms with Gasteiger partial charge in [-0.2, -0.15) is 5.10 Å². The van der Waals surface area contributed by atoms with E-state index in [2.05, 4.69) is 15.1 Å². The Morgan fingerprint density at radius 3 is 2.80 bits per heavy atom. The van der Waals surface area contributed by atoms with Crippen LogP contribution >= 0.6 is 11.6 Å². The number of nitrogens with zero attached hydrogens (tertiary/aromatic N) is 4. The topological polar surface area (TPSA) is 69.6 Å². The second-order valence-electron chi connectivity index (χ2n) is 4.40. The highest BCUT2D eigenvalue weighted by molar-refractivity contribution is 6.31. The molecule has 5 nitrogen and oxygen atoms in total. The Bertz CT molecular complexity index is 752. The van der Waals surface area contributed by atoms with Crippen molar-refractivity contribution in [3.05, 3.63) is 53.6 Å². The lowest BCUT2D eigenvalue weighted by Gasteiger charge is -2.03. The van der Waals surface area contributed by atoms with E-state index in [1.54, 1.807) is 29.5 Å². The lowest BCUT2D eigenvalue weighted by atomic mass is 10.2. The van der Waals surface area contributed by atoms with Gasteiger partial charge in [0.2, 0.25) is 0 Å². The van der Waals surface area contributed by atoms with Crippen molar-refractivity contribution < 1.29 is 0 Å². The summed E-state index contributed by atoms with van der Waals surface area (Å²) in [5.74, 6) is 0. The fraction of sp³-hybridized carbons (Fsp3) is 0.0714. The molecule has 0 amide bonds. The zero-order valence-corrected chi connectivity index (χ0v) is 11.5. The van der Waals surface area contributed by atoms with Crippen LogP contribution in [0.4, 0.5) is 5.69 Å². The summed E-state index contributed by atoms with van der Waals surface area (Å²) in [6.07, 6.45) is 6.59. The van der Waals surface area contributed by atoms with E-state index in [9.17, 15) is 0 Å². The molecule has 0 aliphatic heterocycles. The predicted octanol–water partition coefficient (Wildman–Crippen LogP) is 2.87. The number of aromatic nitrogens is 4. The summed E-state index contributed by atoms with van der Waals surface area (Å²) in [6, 6.07) is 5.73. The average Bonchev–Trinajstić information content (AvgIpc) is 2.85. The summed E-state index contributed by atoms with van der Waals surface area (Å²) >= 11 is 6.13. The van der Waals surface area contributed by atoms with E-state index in [-0.39, 0.29) is 0 Å². The third kappa shape index (κ3) is 2.23. The molecule has 1 aromatic carbocycles. The van der Waals surface area contributed by atoms with Crippen LogP contribution in [0.1, 0.15) is 5.56 Å². The molecule has 0 atom stereocenters. The van der Waals surface area contributed by atoms with Crippen molar-refractivity contribution in [3.63, 3.8) is 0 Å². The molecule has 0 saturated heterocycles. The fourth-order valence-electron chi connectivity index (χ4n) is 1.86. The van der Waals surface area contributed by atoms with Gasteiger partial charge in [-0.05, 0) is 24.6 Å². The highest BCUT2D eigenvalue weighted by atomic mass is 35.5.